The van der Waals surface area contributed by atoms with Gasteiger partial charge >= 0.3 is 0 Å². The summed E-state index contributed by atoms with van der Waals surface area (Å²) < 4.78 is 10.4. The molecular formula is C5H9NO2. The third-order valence-corrected chi connectivity index (χ3v) is 1.65. The highest BCUT2D eigenvalue weighted by atomic mass is 16.6. The molecule has 1 aliphatic carbocycles. The Morgan fingerprint density at radius 3 is 2.00 bits per heavy atom. The molecule has 46 valence electrons. The average molecular weight is 115 g/mol. The second-order valence-corrected chi connectivity index (χ2v) is 2.25. The molecule has 0 amide bonds. The Bertz CT molecular complexity index is 94.6. The summed E-state index contributed by atoms with van der Waals surface area (Å²) in [5, 5.41) is 0. The summed E-state index contributed by atoms with van der Waals surface area (Å²) in [6, 6.07) is 0.164. The minimum absolute atomic E-state index is 0.164. The van der Waals surface area contributed by atoms with Crippen molar-refractivity contribution in [3.8, 4) is 0 Å². The van der Waals surface area contributed by atoms with Crippen LogP contribution < -0.4 is 5.73 Å². The zero-order valence-electron chi connectivity index (χ0n) is 4.54. The van der Waals surface area contributed by atoms with E-state index in [2.05, 4.69) is 0 Å². The van der Waals surface area contributed by atoms with E-state index in [4.69, 9.17) is 15.2 Å². The lowest BCUT2D eigenvalue weighted by Crippen LogP contribution is -2.16. The van der Waals surface area contributed by atoms with E-state index in [0.29, 0.717) is 0 Å². The molecule has 0 radical (unpaired) electrons. The van der Waals surface area contributed by atoms with Gasteiger partial charge in [0.1, 0.15) is 12.2 Å². The molecule has 1 saturated heterocycles. The van der Waals surface area contributed by atoms with Crippen LogP contribution in [0.15, 0.2) is 0 Å². The number of fused-ring (bicyclic) bond motifs is 1. The minimum atomic E-state index is 0.164. The van der Waals surface area contributed by atoms with E-state index in [9.17, 15) is 0 Å². The standard InChI is InChI=1S/C5H9NO2/c6-3-4-5(3)8-2-1-7-4/h3-5H,1-2,6H2/t3?,4-,5+. The van der Waals surface area contributed by atoms with E-state index in [0.717, 1.165) is 13.2 Å². The Hall–Kier alpha value is -0.120. The first-order valence-electron chi connectivity index (χ1n) is 2.88. The topological polar surface area (TPSA) is 44.5 Å². The molecule has 2 aliphatic rings. The Balaban J connectivity index is 1.97. The van der Waals surface area contributed by atoms with Gasteiger partial charge in [-0.25, -0.2) is 0 Å². The van der Waals surface area contributed by atoms with Crippen LogP contribution >= 0.6 is 0 Å². The molecule has 0 bridgehead atoms. The van der Waals surface area contributed by atoms with Gasteiger partial charge in [0.05, 0.1) is 19.3 Å². The zero-order chi connectivity index (χ0) is 5.56. The number of hydrogen-bond acceptors (Lipinski definition) is 3. The van der Waals surface area contributed by atoms with Gasteiger partial charge in [-0.2, -0.15) is 0 Å². The molecule has 0 aromatic carbocycles. The summed E-state index contributed by atoms with van der Waals surface area (Å²) in [6.07, 6.45) is 0.451. The maximum absolute atomic E-state index is 5.52. The van der Waals surface area contributed by atoms with Gasteiger partial charge in [0.2, 0.25) is 0 Å². The highest BCUT2D eigenvalue weighted by Crippen LogP contribution is 2.30. The van der Waals surface area contributed by atoms with Gasteiger partial charge in [0.25, 0.3) is 0 Å². The van der Waals surface area contributed by atoms with Crippen molar-refractivity contribution in [2.75, 3.05) is 13.2 Å². The van der Waals surface area contributed by atoms with E-state index >= 15 is 0 Å². The third kappa shape index (κ3) is 0.491. The molecule has 2 fully saturated rings. The SMILES string of the molecule is NC1[C@H]2OCCO[C@@H]12. The molecule has 2 rings (SSSR count). The maximum Gasteiger partial charge on any atom is 0.103 e. The predicted molar refractivity (Wildman–Crippen MR) is 27.5 cm³/mol. The van der Waals surface area contributed by atoms with Crippen LogP contribution in [0.5, 0.6) is 0 Å². The summed E-state index contributed by atoms with van der Waals surface area (Å²) in [4.78, 5) is 0. The second kappa shape index (κ2) is 1.43. The Morgan fingerprint density at radius 1 is 1.12 bits per heavy atom. The third-order valence-electron chi connectivity index (χ3n) is 1.65. The average Bonchev–Trinajstić information content (AvgIpc) is 2.46. The van der Waals surface area contributed by atoms with Crippen molar-refractivity contribution in [2.24, 2.45) is 5.73 Å². The fraction of sp³-hybridized carbons (Fsp3) is 1.00. The molecule has 2 N–H and O–H groups in total. The second-order valence-electron chi connectivity index (χ2n) is 2.25. The number of ether oxygens (including phenoxy) is 2. The highest BCUT2D eigenvalue weighted by Gasteiger charge is 2.52. The molecular weight excluding hydrogens is 106 g/mol. The van der Waals surface area contributed by atoms with Crippen molar-refractivity contribution in [2.45, 2.75) is 18.2 Å². The predicted octanol–water partition coefficient (Wildman–Crippen LogP) is -0.889. The van der Waals surface area contributed by atoms with Gasteiger partial charge in [-0.15, -0.1) is 0 Å². The van der Waals surface area contributed by atoms with Crippen LogP contribution in [-0.4, -0.2) is 31.5 Å². The van der Waals surface area contributed by atoms with Crippen LogP contribution in [0.1, 0.15) is 0 Å². The lowest BCUT2D eigenvalue weighted by molar-refractivity contribution is -0.0376. The molecule has 1 unspecified atom stereocenters. The summed E-state index contributed by atoms with van der Waals surface area (Å²) in [6.45, 7) is 1.43. The van der Waals surface area contributed by atoms with Crippen LogP contribution in [0.25, 0.3) is 0 Å². The molecule has 1 aliphatic heterocycles. The Kier molecular flexibility index (Phi) is 0.848. The summed E-state index contributed by atoms with van der Waals surface area (Å²) in [5.41, 5.74) is 5.52. The lowest BCUT2D eigenvalue weighted by Gasteiger charge is -2.08. The van der Waals surface area contributed by atoms with Gasteiger partial charge in [-0.3, -0.25) is 0 Å². The number of rotatable bonds is 0. The quantitative estimate of drug-likeness (QED) is 0.445. The van der Waals surface area contributed by atoms with Crippen molar-refractivity contribution in [3.63, 3.8) is 0 Å². The highest BCUT2D eigenvalue weighted by molar-refractivity contribution is 5.06. The summed E-state index contributed by atoms with van der Waals surface area (Å²) >= 11 is 0. The van der Waals surface area contributed by atoms with E-state index in [1.807, 2.05) is 0 Å². The molecule has 0 aromatic rings. The fourth-order valence-corrected chi connectivity index (χ4v) is 1.06. The Morgan fingerprint density at radius 2 is 1.62 bits per heavy atom. The van der Waals surface area contributed by atoms with Crippen molar-refractivity contribution in [3.05, 3.63) is 0 Å². The number of nitrogens with two attached hydrogens (primary N) is 1. The van der Waals surface area contributed by atoms with Crippen molar-refractivity contribution in [1.29, 1.82) is 0 Å². The van der Waals surface area contributed by atoms with Gasteiger partial charge in [-0.05, 0) is 0 Å². The van der Waals surface area contributed by atoms with Gasteiger partial charge in [-0.1, -0.05) is 0 Å². The lowest BCUT2D eigenvalue weighted by atomic mass is 10.6. The van der Waals surface area contributed by atoms with E-state index in [1.54, 1.807) is 0 Å². The Labute approximate surface area is 47.8 Å². The number of hydrogen-bond donors (Lipinski definition) is 1. The van der Waals surface area contributed by atoms with Crippen molar-refractivity contribution in [1.82, 2.24) is 0 Å². The van der Waals surface area contributed by atoms with E-state index in [1.165, 1.54) is 0 Å². The first-order valence-corrected chi connectivity index (χ1v) is 2.88. The summed E-state index contributed by atoms with van der Waals surface area (Å²) in [7, 11) is 0. The van der Waals surface area contributed by atoms with Crippen LogP contribution in [-0.2, 0) is 9.47 Å². The normalized spacial score (nSPS) is 52.9. The van der Waals surface area contributed by atoms with Crippen LogP contribution in [0.4, 0.5) is 0 Å². The fourth-order valence-electron chi connectivity index (χ4n) is 1.06. The first kappa shape index (κ1) is 4.73. The van der Waals surface area contributed by atoms with Gasteiger partial charge in [0.15, 0.2) is 0 Å². The molecule has 3 heteroatoms. The van der Waals surface area contributed by atoms with Crippen LogP contribution in [0.3, 0.4) is 0 Å². The van der Waals surface area contributed by atoms with E-state index < -0.39 is 0 Å². The molecule has 3 atom stereocenters. The summed E-state index contributed by atoms with van der Waals surface area (Å²) in [5.74, 6) is 0. The molecule has 1 saturated carbocycles. The van der Waals surface area contributed by atoms with Crippen LogP contribution in [0, 0.1) is 0 Å². The smallest absolute Gasteiger partial charge is 0.103 e. The van der Waals surface area contributed by atoms with Gasteiger partial charge in [0, 0.05) is 0 Å². The van der Waals surface area contributed by atoms with Crippen molar-refractivity contribution >= 4 is 0 Å². The minimum Gasteiger partial charge on any atom is -0.371 e. The first-order chi connectivity index (χ1) is 3.89. The monoisotopic (exact) mass is 115 g/mol. The molecule has 0 spiro atoms. The zero-order valence-corrected chi connectivity index (χ0v) is 4.54. The molecule has 8 heavy (non-hydrogen) atoms. The molecule has 3 nitrogen and oxygen atoms in total. The molecule has 1 heterocycles. The van der Waals surface area contributed by atoms with Gasteiger partial charge < -0.3 is 15.2 Å². The van der Waals surface area contributed by atoms with Crippen molar-refractivity contribution < 1.29 is 9.47 Å². The van der Waals surface area contributed by atoms with E-state index in [-0.39, 0.29) is 18.2 Å². The largest absolute Gasteiger partial charge is 0.371 e. The van der Waals surface area contributed by atoms with Crippen LogP contribution in [0.2, 0.25) is 0 Å². The molecule has 0 aromatic heterocycles. The maximum atomic E-state index is 5.52.